The predicted octanol–water partition coefficient (Wildman–Crippen LogP) is 2.49. The van der Waals surface area contributed by atoms with E-state index in [1.165, 1.54) is 11.3 Å². The highest BCUT2D eigenvalue weighted by Crippen LogP contribution is 2.18. The number of hydrogen-bond acceptors (Lipinski definition) is 4. The van der Waals surface area contributed by atoms with E-state index >= 15 is 0 Å². The lowest BCUT2D eigenvalue weighted by molar-refractivity contribution is 0.564. The predicted molar refractivity (Wildman–Crippen MR) is 72.0 cm³/mol. The second-order valence-corrected chi connectivity index (χ2v) is 6.72. The van der Waals surface area contributed by atoms with Crippen molar-refractivity contribution in [3.8, 4) is 0 Å². The van der Waals surface area contributed by atoms with Crippen molar-refractivity contribution in [2.75, 3.05) is 0 Å². The summed E-state index contributed by atoms with van der Waals surface area (Å²) in [4.78, 5) is 4.55. The third kappa shape index (κ3) is 2.95. The summed E-state index contributed by atoms with van der Waals surface area (Å²) in [6.45, 7) is 3.68. The minimum atomic E-state index is -3.48. The Balaban J connectivity index is 2.19. The van der Waals surface area contributed by atoms with Gasteiger partial charge < -0.3 is 0 Å². The molecule has 6 heteroatoms. The SMILES string of the molecule is Cc1nc(C(C)NS(=O)(=O)c2ccccc2)cs1. The van der Waals surface area contributed by atoms with Crippen molar-refractivity contribution in [1.82, 2.24) is 9.71 Å². The topological polar surface area (TPSA) is 59.1 Å². The van der Waals surface area contributed by atoms with Gasteiger partial charge >= 0.3 is 0 Å². The Morgan fingerprint density at radius 3 is 2.50 bits per heavy atom. The number of rotatable bonds is 4. The van der Waals surface area contributed by atoms with Crippen LogP contribution in [0.3, 0.4) is 0 Å². The first kappa shape index (κ1) is 13.2. The van der Waals surface area contributed by atoms with Crippen molar-refractivity contribution in [2.24, 2.45) is 0 Å². The zero-order valence-corrected chi connectivity index (χ0v) is 11.8. The second-order valence-electron chi connectivity index (χ2n) is 3.95. The highest BCUT2D eigenvalue weighted by Gasteiger charge is 2.19. The Labute approximate surface area is 111 Å². The molecule has 1 aromatic carbocycles. The lowest BCUT2D eigenvalue weighted by Gasteiger charge is -2.12. The number of nitrogens with one attached hydrogen (secondary N) is 1. The monoisotopic (exact) mass is 282 g/mol. The third-order valence-electron chi connectivity index (χ3n) is 2.47. The summed E-state index contributed by atoms with van der Waals surface area (Å²) in [6.07, 6.45) is 0. The van der Waals surface area contributed by atoms with Gasteiger partial charge in [-0.1, -0.05) is 18.2 Å². The molecule has 0 aliphatic carbocycles. The first-order chi connectivity index (χ1) is 8.49. The molecule has 0 aliphatic rings. The van der Waals surface area contributed by atoms with Gasteiger partial charge in [-0.2, -0.15) is 0 Å². The average molecular weight is 282 g/mol. The maximum absolute atomic E-state index is 12.1. The van der Waals surface area contributed by atoms with E-state index in [4.69, 9.17) is 0 Å². The minimum Gasteiger partial charge on any atom is -0.245 e. The summed E-state index contributed by atoms with van der Waals surface area (Å²) in [7, 11) is -3.48. The van der Waals surface area contributed by atoms with Gasteiger partial charge in [-0.3, -0.25) is 0 Å². The van der Waals surface area contributed by atoms with E-state index in [0.717, 1.165) is 10.7 Å². The van der Waals surface area contributed by atoms with Gasteiger partial charge in [-0.25, -0.2) is 18.1 Å². The van der Waals surface area contributed by atoms with Gasteiger partial charge in [-0.05, 0) is 26.0 Å². The van der Waals surface area contributed by atoms with Crippen molar-refractivity contribution < 1.29 is 8.42 Å². The molecule has 0 fully saturated rings. The molecule has 0 saturated carbocycles. The number of benzene rings is 1. The number of nitrogens with zero attached hydrogens (tertiary/aromatic N) is 1. The van der Waals surface area contributed by atoms with Crippen molar-refractivity contribution in [2.45, 2.75) is 24.8 Å². The van der Waals surface area contributed by atoms with Crippen LogP contribution in [0.15, 0.2) is 40.6 Å². The molecule has 2 rings (SSSR count). The molecule has 0 aliphatic heterocycles. The molecular weight excluding hydrogens is 268 g/mol. The molecular formula is C12H14N2O2S2. The van der Waals surface area contributed by atoms with Gasteiger partial charge in [0.2, 0.25) is 10.0 Å². The molecule has 96 valence electrons. The summed E-state index contributed by atoms with van der Waals surface area (Å²) >= 11 is 1.51. The summed E-state index contributed by atoms with van der Waals surface area (Å²) in [5.41, 5.74) is 0.747. The van der Waals surface area contributed by atoms with Crippen LogP contribution in [0.1, 0.15) is 23.7 Å². The smallest absolute Gasteiger partial charge is 0.241 e. The molecule has 18 heavy (non-hydrogen) atoms. The largest absolute Gasteiger partial charge is 0.245 e. The molecule has 1 unspecified atom stereocenters. The van der Waals surface area contributed by atoms with E-state index in [1.54, 1.807) is 37.3 Å². The van der Waals surface area contributed by atoms with Crippen molar-refractivity contribution in [3.05, 3.63) is 46.4 Å². The molecule has 0 saturated heterocycles. The van der Waals surface area contributed by atoms with Crippen molar-refractivity contribution in [3.63, 3.8) is 0 Å². The van der Waals surface area contributed by atoms with Crippen LogP contribution in [0.5, 0.6) is 0 Å². The lowest BCUT2D eigenvalue weighted by atomic mass is 10.3. The molecule has 0 radical (unpaired) electrons. The van der Waals surface area contributed by atoms with Gasteiger partial charge in [0.15, 0.2) is 0 Å². The van der Waals surface area contributed by atoms with Crippen LogP contribution in [0.2, 0.25) is 0 Å². The second kappa shape index (κ2) is 5.17. The average Bonchev–Trinajstić information content (AvgIpc) is 2.77. The molecule has 1 heterocycles. The molecule has 1 aromatic heterocycles. The van der Waals surface area contributed by atoms with Crippen LogP contribution >= 0.6 is 11.3 Å². The van der Waals surface area contributed by atoms with E-state index < -0.39 is 10.0 Å². The number of aromatic nitrogens is 1. The highest BCUT2D eigenvalue weighted by molar-refractivity contribution is 7.89. The quantitative estimate of drug-likeness (QED) is 0.937. The number of sulfonamides is 1. The normalized spacial score (nSPS) is 13.4. The Kier molecular flexibility index (Phi) is 3.79. The number of aryl methyl sites for hydroxylation is 1. The lowest BCUT2D eigenvalue weighted by Crippen LogP contribution is -2.27. The maximum Gasteiger partial charge on any atom is 0.241 e. The Morgan fingerprint density at radius 1 is 1.28 bits per heavy atom. The Hall–Kier alpha value is -1.24. The van der Waals surface area contributed by atoms with Crippen LogP contribution in [0.25, 0.3) is 0 Å². The van der Waals surface area contributed by atoms with Crippen LogP contribution in [0.4, 0.5) is 0 Å². The van der Waals surface area contributed by atoms with Gasteiger partial charge in [0.05, 0.1) is 21.6 Å². The first-order valence-corrected chi connectivity index (χ1v) is 7.85. The molecule has 1 atom stereocenters. The third-order valence-corrected chi connectivity index (χ3v) is 4.81. The maximum atomic E-state index is 12.1. The molecule has 0 bridgehead atoms. The summed E-state index contributed by atoms with van der Waals surface area (Å²) in [5, 5.41) is 2.80. The first-order valence-electron chi connectivity index (χ1n) is 5.48. The van der Waals surface area contributed by atoms with Crippen molar-refractivity contribution >= 4 is 21.4 Å². The number of hydrogen-bond donors (Lipinski definition) is 1. The summed E-state index contributed by atoms with van der Waals surface area (Å²) < 4.78 is 26.8. The fourth-order valence-electron chi connectivity index (χ4n) is 1.54. The molecule has 1 N–H and O–H groups in total. The van der Waals surface area contributed by atoms with Crippen LogP contribution in [-0.2, 0) is 10.0 Å². The van der Waals surface area contributed by atoms with E-state index in [1.807, 2.05) is 12.3 Å². The summed E-state index contributed by atoms with van der Waals surface area (Å²) in [6, 6.07) is 7.99. The van der Waals surface area contributed by atoms with E-state index in [2.05, 4.69) is 9.71 Å². The van der Waals surface area contributed by atoms with Gasteiger partial charge in [0, 0.05) is 5.38 Å². The van der Waals surface area contributed by atoms with Crippen LogP contribution in [0, 0.1) is 6.92 Å². The van der Waals surface area contributed by atoms with Gasteiger partial charge in [-0.15, -0.1) is 11.3 Å². The van der Waals surface area contributed by atoms with Gasteiger partial charge in [0.1, 0.15) is 0 Å². The minimum absolute atomic E-state index is 0.267. The standard InChI is InChI=1S/C12H14N2O2S2/c1-9(12-8-17-10(2)13-12)14-18(15,16)11-6-4-3-5-7-11/h3-9,14H,1-2H3. The Bertz CT molecular complexity index is 621. The van der Waals surface area contributed by atoms with E-state index in [0.29, 0.717) is 0 Å². The van der Waals surface area contributed by atoms with E-state index in [9.17, 15) is 8.42 Å². The van der Waals surface area contributed by atoms with E-state index in [-0.39, 0.29) is 10.9 Å². The zero-order chi connectivity index (χ0) is 13.2. The molecule has 0 amide bonds. The zero-order valence-electron chi connectivity index (χ0n) is 10.1. The van der Waals surface area contributed by atoms with Crippen LogP contribution < -0.4 is 4.72 Å². The molecule has 0 spiro atoms. The van der Waals surface area contributed by atoms with Crippen molar-refractivity contribution in [1.29, 1.82) is 0 Å². The highest BCUT2D eigenvalue weighted by atomic mass is 32.2. The number of thiazole rings is 1. The molecule has 2 aromatic rings. The van der Waals surface area contributed by atoms with Crippen LogP contribution in [-0.4, -0.2) is 13.4 Å². The fraction of sp³-hybridized carbons (Fsp3) is 0.250. The molecule has 4 nitrogen and oxygen atoms in total. The summed E-state index contributed by atoms with van der Waals surface area (Å²) in [5.74, 6) is 0. The fourth-order valence-corrected chi connectivity index (χ4v) is 3.48. The Morgan fingerprint density at radius 2 is 1.94 bits per heavy atom. The van der Waals surface area contributed by atoms with Gasteiger partial charge in [0.25, 0.3) is 0 Å².